The summed E-state index contributed by atoms with van der Waals surface area (Å²) in [7, 11) is 0. The Labute approximate surface area is 212 Å². The average molecular weight is 505 g/mol. The van der Waals surface area contributed by atoms with E-state index in [2.05, 4.69) is 6.92 Å². The second-order valence-electron chi connectivity index (χ2n) is 14.0. The third kappa shape index (κ3) is 2.34. The van der Waals surface area contributed by atoms with Crippen LogP contribution < -0.4 is 0 Å². The molecule has 3 saturated heterocycles. The molecule has 1 unspecified atom stereocenters. The topological polar surface area (TPSA) is 126 Å². The lowest BCUT2D eigenvalue weighted by Crippen LogP contribution is -2.71. The molecule has 7 aliphatic rings. The van der Waals surface area contributed by atoms with Crippen LogP contribution in [0.3, 0.4) is 0 Å². The van der Waals surface area contributed by atoms with Gasteiger partial charge in [-0.2, -0.15) is 0 Å². The second kappa shape index (κ2) is 6.74. The number of Topliss-reactive ketones (excluding diaryl/α,β-unsaturated/α-hetero) is 1. The third-order valence-corrected chi connectivity index (χ3v) is 12.9. The number of aliphatic hydroxyl groups excluding tert-OH is 2. The van der Waals surface area contributed by atoms with Crippen molar-refractivity contribution in [2.45, 2.75) is 115 Å². The van der Waals surface area contributed by atoms with Crippen LogP contribution in [-0.2, 0) is 23.8 Å². The molecular formula is C28H40O8. The largest absolute Gasteiger partial charge is 0.429 e. The average Bonchev–Trinajstić information content (AvgIpc) is 3.42. The molecule has 7 fully saturated rings. The molecule has 4 saturated carbocycles. The van der Waals surface area contributed by atoms with Gasteiger partial charge in [-0.25, -0.2) is 0 Å². The van der Waals surface area contributed by atoms with E-state index in [0.717, 1.165) is 19.3 Å². The minimum atomic E-state index is -1.55. The fourth-order valence-corrected chi connectivity index (χ4v) is 10.9. The summed E-state index contributed by atoms with van der Waals surface area (Å²) in [4.78, 5) is 26.0. The van der Waals surface area contributed by atoms with Crippen LogP contribution in [0.4, 0.5) is 0 Å². The van der Waals surface area contributed by atoms with E-state index in [-0.39, 0.29) is 47.1 Å². The Kier molecular flexibility index (Phi) is 4.49. The summed E-state index contributed by atoms with van der Waals surface area (Å²) in [5, 5.41) is 34.5. The Morgan fingerprint density at radius 2 is 1.69 bits per heavy atom. The molecule has 7 rings (SSSR count). The van der Waals surface area contributed by atoms with Crippen molar-refractivity contribution < 1.29 is 39.1 Å². The quantitative estimate of drug-likeness (QED) is 0.338. The zero-order chi connectivity index (χ0) is 25.8. The van der Waals surface area contributed by atoms with Crippen molar-refractivity contribution in [3.63, 3.8) is 0 Å². The maximum Gasteiger partial charge on any atom is 0.311 e. The van der Waals surface area contributed by atoms with Crippen molar-refractivity contribution in [2.75, 3.05) is 0 Å². The summed E-state index contributed by atoms with van der Waals surface area (Å²) in [5.41, 5.74) is -3.26. The number of carbonyl (C=O) groups is 2. The Hall–Kier alpha value is -1.06. The molecule has 4 aliphatic carbocycles. The number of ether oxygens (including phenoxy) is 3. The number of carbonyl (C=O) groups excluding carboxylic acids is 2. The monoisotopic (exact) mass is 504 g/mol. The van der Waals surface area contributed by atoms with Crippen molar-refractivity contribution in [1.29, 1.82) is 0 Å². The summed E-state index contributed by atoms with van der Waals surface area (Å²) < 4.78 is 18.6. The molecule has 8 heteroatoms. The molecule has 2 spiro atoms. The number of esters is 1. The molecular weight excluding hydrogens is 464 g/mol. The molecule has 15 atom stereocenters. The minimum Gasteiger partial charge on any atom is -0.429 e. The highest BCUT2D eigenvalue weighted by molar-refractivity contribution is 5.88. The van der Waals surface area contributed by atoms with Crippen molar-refractivity contribution in [1.82, 2.24) is 0 Å². The van der Waals surface area contributed by atoms with Gasteiger partial charge < -0.3 is 29.5 Å². The molecule has 0 radical (unpaired) electrons. The lowest BCUT2D eigenvalue weighted by molar-refractivity contribution is -0.368. The van der Waals surface area contributed by atoms with Gasteiger partial charge in [-0.15, -0.1) is 0 Å². The Balaban J connectivity index is 1.27. The van der Waals surface area contributed by atoms with E-state index in [0.29, 0.717) is 19.3 Å². The smallest absolute Gasteiger partial charge is 0.311 e. The van der Waals surface area contributed by atoms with Crippen LogP contribution in [-0.4, -0.2) is 68.5 Å². The molecule has 0 aromatic rings. The van der Waals surface area contributed by atoms with E-state index in [1.807, 2.05) is 13.8 Å². The van der Waals surface area contributed by atoms with Gasteiger partial charge in [0.15, 0.2) is 0 Å². The first kappa shape index (κ1) is 24.0. The van der Waals surface area contributed by atoms with Crippen LogP contribution in [0, 0.1) is 46.3 Å². The fourth-order valence-electron chi connectivity index (χ4n) is 10.9. The minimum absolute atomic E-state index is 0.101. The lowest BCUT2D eigenvalue weighted by Gasteiger charge is -2.60. The molecule has 200 valence electrons. The van der Waals surface area contributed by atoms with Crippen LogP contribution in [0.25, 0.3) is 0 Å². The molecule has 3 aliphatic heterocycles. The van der Waals surface area contributed by atoms with Gasteiger partial charge in [0, 0.05) is 18.3 Å². The molecule has 0 bridgehead atoms. The van der Waals surface area contributed by atoms with Gasteiger partial charge in [-0.05, 0) is 69.1 Å². The fraction of sp³-hybridized carbons (Fsp3) is 0.929. The standard InChI is InChI=1S/C28H40O8/c1-12-13(2)28(36-22(12)31)23(32)26(5,33)21-17(34-28)11-16-14-10-20-27(35-20)19(30)7-6-18(29)25(27,4)15(14)8-9-24(16,21)3/h12-17,19-21,23,30,32-33H,6-11H2,1-5H3/t12-,13-,14-,15+,16+,17+,19+,20-,21+,23+,24+,25+,26-,27-,28?/m1/s1. The van der Waals surface area contributed by atoms with Crippen LogP contribution in [0.15, 0.2) is 0 Å². The van der Waals surface area contributed by atoms with E-state index >= 15 is 0 Å². The zero-order valence-electron chi connectivity index (χ0n) is 21.9. The highest BCUT2D eigenvalue weighted by Gasteiger charge is 2.82. The van der Waals surface area contributed by atoms with E-state index < -0.39 is 52.4 Å². The van der Waals surface area contributed by atoms with Crippen molar-refractivity contribution in [3.05, 3.63) is 0 Å². The number of aliphatic hydroxyl groups is 3. The van der Waals surface area contributed by atoms with Gasteiger partial charge in [-0.1, -0.05) is 20.8 Å². The number of epoxide rings is 1. The first-order valence-corrected chi connectivity index (χ1v) is 14.0. The SMILES string of the molecule is C[C@@H]1[C@@H](C)C(=O)OC12O[C@H]1C[C@H]3[C@@H]4C[C@H]5O[C@]56[C@@H](O)CCC(=O)[C@]6(C)[C@H]4CC[C@]3(C)[C@H]1[C@@](C)(O)[C@@H]2O. The van der Waals surface area contributed by atoms with Gasteiger partial charge in [0.2, 0.25) is 5.79 Å². The Morgan fingerprint density at radius 1 is 0.972 bits per heavy atom. The third-order valence-electron chi connectivity index (χ3n) is 12.9. The second-order valence-corrected chi connectivity index (χ2v) is 14.0. The number of ketones is 1. The van der Waals surface area contributed by atoms with Crippen LogP contribution in [0.2, 0.25) is 0 Å². The van der Waals surface area contributed by atoms with Crippen LogP contribution >= 0.6 is 0 Å². The molecule has 0 aromatic heterocycles. The van der Waals surface area contributed by atoms with Crippen molar-refractivity contribution in [3.8, 4) is 0 Å². The van der Waals surface area contributed by atoms with Crippen molar-refractivity contribution in [2.24, 2.45) is 46.3 Å². The molecule has 3 heterocycles. The maximum atomic E-state index is 13.5. The summed E-state index contributed by atoms with van der Waals surface area (Å²) >= 11 is 0. The highest BCUT2D eigenvalue weighted by Crippen LogP contribution is 2.75. The summed E-state index contributed by atoms with van der Waals surface area (Å²) in [6.45, 7) is 9.55. The molecule has 8 nitrogen and oxygen atoms in total. The summed E-state index contributed by atoms with van der Waals surface area (Å²) in [6, 6.07) is 0. The molecule has 36 heavy (non-hydrogen) atoms. The Morgan fingerprint density at radius 3 is 2.36 bits per heavy atom. The van der Waals surface area contributed by atoms with Crippen LogP contribution in [0.1, 0.15) is 73.1 Å². The molecule has 0 aromatic carbocycles. The normalized spacial score (nSPS) is 65.2. The van der Waals surface area contributed by atoms with Gasteiger partial charge >= 0.3 is 5.97 Å². The van der Waals surface area contributed by atoms with Gasteiger partial charge in [0.1, 0.15) is 23.1 Å². The number of fused-ring (bicyclic) bond motifs is 6. The number of rotatable bonds is 0. The van der Waals surface area contributed by atoms with Gasteiger partial charge in [-0.3, -0.25) is 9.59 Å². The number of hydrogen-bond acceptors (Lipinski definition) is 8. The first-order valence-electron chi connectivity index (χ1n) is 14.0. The van der Waals surface area contributed by atoms with E-state index in [4.69, 9.17) is 14.2 Å². The maximum absolute atomic E-state index is 13.5. The van der Waals surface area contributed by atoms with Crippen LogP contribution in [0.5, 0.6) is 0 Å². The first-order chi connectivity index (χ1) is 16.8. The predicted molar refractivity (Wildman–Crippen MR) is 125 cm³/mol. The van der Waals surface area contributed by atoms with Gasteiger partial charge in [0.25, 0.3) is 0 Å². The summed E-state index contributed by atoms with van der Waals surface area (Å²) in [5.74, 6) is -2.45. The van der Waals surface area contributed by atoms with E-state index in [1.165, 1.54) is 0 Å². The molecule has 0 amide bonds. The van der Waals surface area contributed by atoms with E-state index in [9.17, 15) is 24.9 Å². The summed E-state index contributed by atoms with van der Waals surface area (Å²) in [6.07, 6.45) is 1.48. The highest BCUT2D eigenvalue weighted by atomic mass is 16.7. The van der Waals surface area contributed by atoms with Gasteiger partial charge in [0.05, 0.1) is 29.6 Å². The number of hydrogen-bond donors (Lipinski definition) is 3. The van der Waals surface area contributed by atoms with Crippen molar-refractivity contribution >= 4 is 11.8 Å². The molecule has 3 N–H and O–H groups in total. The predicted octanol–water partition coefficient (Wildman–Crippen LogP) is 1.96. The zero-order valence-corrected chi connectivity index (χ0v) is 21.9. The van der Waals surface area contributed by atoms with E-state index in [1.54, 1.807) is 13.8 Å². The lowest BCUT2D eigenvalue weighted by atomic mass is 9.43. The Bertz CT molecular complexity index is 1040.